The molecule has 2 rings (SSSR count). The molecule has 2 aromatic rings. The summed E-state index contributed by atoms with van der Waals surface area (Å²) in [5.41, 5.74) is 3.01. The number of aromatic nitrogens is 2. The Morgan fingerprint density at radius 3 is 2.60 bits per heavy atom. The summed E-state index contributed by atoms with van der Waals surface area (Å²) in [6, 6.07) is 8.36. The highest BCUT2D eigenvalue weighted by Gasteiger charge is 2.16. The molecule has 0 aliphatic carbocycles. The van der Waals surface area contributed by atoms with Gasteiger partial charge in [-0.05, 0) is 31.0 Å². The number of fused-ring (bicyclic) bond motifs is 1. The van der Waals surface area contributed by atoms with Gasteiger partial charge in [-0.2, -0.15) is 0 Å². The average molecular weight is 271 g/mol. The number of benzene rings is 1. The first-order valence-electron chi connectivity index (χ1n) is 7.69. The van der Waals surface area contributed by atoms with Crippen LogP contribution in [0.1, 0.15) is 51.8 Å². The van der Waals surface area contributed by atoms with E-state index in [4.69, 9.17) is 4.98 Å². The van der Waals surface area contributed by atoms with Crippen LogP contribution in [0.25, 0.3) is 11.0 Å². The lowest BCUT2D eigenvalue weighted by atomic mass is 9.95. The Labute approximate surface area is 121 Å². The summed E-state index contributed by atoms with van der Waals surface area (Å²) in [6.07, 6.45) is 5.55. The number of nitrogens with one attached hydrogen (secondary N) is 1. The van der Waals surface area contributed by atoms with Crippen molar-refractivity contribution < 1.29 is 0 Å². The highest BCUT2D eigenvalue weighted by molar-refractivity contribution is 5.73. The zero-order valence-corrected chi connectivity index (χ0v) is 12.8. The first-order valence-corrected chi connectivity index (χ1v) is 7.69. The molecular weight excluding hydrogens is 246 g/mol. The predicted molar refractivity (Wildman–Crippen MR) is 84.6 cm³/mol. The highest BCUT2D eigenvalue weighted by Crippen LogP contribution is 2.23. The van der Waals surface area contributed by atoms with E-state index < -0.39 is 0 Å². The predicted octanol–water partition coefficient (Wildman–Crippen LogP) is 4.11. The summed E-state index contributed by atoms with van der Waals surface area (Å²) in [4.78, 5) is 9.32. The second-order valence-electron chi connectivity index (χ2n) is 5.52. The Kier molecular flexibility index (Phi) is 5.48. The summed E-state index contributed by atoms with van der Waals surface area (Å²) < 4.78 is 0. The molecule has 1 aromatic heterocycles. The van der Waals surface area contributed by atoms with E-state index in [1.54, 1.807) is 0 Å². The van der Waals surface area contributed by atoms with Crippen molar-refractivity contribution in [1.29, 1.82) is 0 Å². The molecule has 108 valence electrons. The van der Waals surface area contributed by atoms with Gasteiger partial charge >= 0.3 is 0 Å². The Morgan fingerprint density at radius 2 is 1.90 bits per heavy atom. The van der Waals surface area contributed by atoms with Crippen LogP contribution < -0.4 is 5.32 Å². The van der Waals surface area contributed by atoms with Crippen molar-refractivity contribution in [3.05, 3.63) is 36.2 Å². The van der Waals surface area contributed by atoms with Gasteiger partial charge < -0.3 is 5.32 Å². The molecule has 1 N–H and O–H groups in total. The minimum Gasteiger partial charge on any atom is -0.309 e. The van der Waals surface area contributed by atoms with Crippen LogP contribution in [-0.4, -0.2) is 16.5 Å². The van der Waals surface area contributed by atoms with Crippen LogP contribution in [-0.2, 0) is 0 Å². The van der Waals surface area contributed by atoms with Crippen molar-refractivity contribution in [3.63, 3.8) is 0 Å². The molecule has 2 unspecified atom stereocenters. The maximum Gasteiger partial charge on any atom is 0.0890 e. The standard InChI is InChI=1S/C17H25N3/c1-4-8-13(3)11-16(18-5-2)17-12-19-14-9-6-7-10-15(14)20-17/h6-7,9-10,12-13,16,18H,4-5,8,11H2,1-3H3. The quantitative estimate of drug-likeness (QED) is 0.823. The highest BCUT2D eigenvalue weighted by atomic mass is 14.9. The van der Waals surface area contributed by atoms with Crippen molar-refractivity contribution in [2.24, 2.45) is 5.92 Å². The molecule has 0 fully saturated rings. The zero-order chi connectivity index (χ0) is 14.4. The number of nitrogens with zero attached hydrogens (tertiary/aromatic N) is 2. The second kappa shape index (κ2) is 7.34. The molecule has 1 heterocycles. The van der Waals surface area contributed by atoms with Gasteiger partial charge in [0, 0.05) is 0 Å². The van der Waals surface area contributed by atoms with Gasteiger partial charge in [0.15, 0.2) is 0 Å². The molecule has 0 aliphatic rings. The van der Waals surface area contributed by atoms with Gasteiger partial charge in [-0.15, -0.1) is 0 Å². The van der Waals surface area contributed by atoms with Crippen molar-refractivity contribution in [1.82, 2.24) is 15.3 Å². The topological polar surface area (TPSA) is 37.8 Å². The van der Waals surface area contributed by atoms with Crippen molar-refractivity contribution in [3.8, 4) is 0 Å². The van der Waals surface area contributed by atoms with Crippen molar-refractivity contribution >= 4 is 11.0 Å². The second-order valence-corrected chi connectivity index (χ2v) is 5.52. The molecule has 0 saturated carbocycles. The molecule has 0 spiro atoms. The summed E-state index contributed by atoms with van der Waals surface area (Å²) in [5, 5.41) is 3.55. The molecule has 0 radical (unpaired) electrons. The average Bonchev–Trinajstić information content (AvgIpc) is 2.46. The number of hydrogen-bond donors (Lipinski definition) is 1. The SMILES string of the molecule is CCCC(C)CC(NCC)c1cnc2ccccc2n1. The molecule has 0 bridgehead atoms. The normalized spacial score (nSPS) is 14.3. The van der Waals surface area contributed by atoms with E-state index in [0.717, 1.165) is 29.7 Å². The Hall–Kier alpha value is -1.48. The van der Waals surface area contributed by atoms with Crippen LogP contribution in [0, 0.1) is 5.92 Å². The lowest BCUT2D eigenvalue weighted by Crippen LogP contribution is -2.24. The molecule has 20 heavy (non-hydrogen) atoms. The third kappa shape index (κ3) is 3.76. The van der Waals surface area contributed by atoms with Crippen LogP contribution >= 0.6 is 0 Å². The fourth-order valence-corrected chi connectivity index (χ4v) is 2.71. The number of para-hydroxylation sites is 2. The minimum absolute atomic E-state index is 0.304. The van der Waals surface area contributed by atoms with Crippen LogP contribution in [0.5, 0.6) is 0 Å². The summed E-state index contributed by atoms with van der Waals surface area (Å²) >= 11 is 0. The first-order chi connectivity index (χ1) is 9.74. The van der Waals surface area contributed by atoms with Crippen LogP contribution in [0.3, 0.4) is 0 Å². The van der Waals surface area contributed by atoms with Gasteiger partial charge in [0.1, 0.15) is 0 Å². The number of rotatable bonds is 7. The molecule has 0 aliphatic heterocycles. The monoisotopic (exact) mass is 271 g/mol. The third-order valence-electron chi connectivity index (χ3n) is 3.69. The zero-order valence-electron chi connectivity index (χ0n) is 12.8. The number of hydrogen-bond acceptors (Lipinski definition) is 3. The van der Waals surface area contributed by atoms with Gasteiger partial charge in [0.25, 0.3) is 0 Å². The molecule has 3 nitrogen and oxygen atoms in total. The molecular formula is C17H25N3. The van der Waals surface area contributed by atoms with E-state index in [0.29, 0.717) is 12.0 Å². The van der Waals surface area contributed by atoms with E-state index in [1.807, 2.05) is 30.5 Å². The van der Waals surface area contributed by atoms with Gasteiger partial charge in [0.05, 0.1) is 29.0 Å². The molecule has 0 saturated heterocycles. The van der Waals surface area contributed by atoms with Gasteiger partial charge in [-0.3, -0.25) is 4.98 Å². The fourth-order valence-electron chi connectivity index (χ4n) is 2.71. The van der Waals surface area contributed by atoms with Crippen LogP contribution in [0.4, 0.5) is 0 Å². The Balaban J connectivity index is 2.21. The summed E-state index contributed by atoms with van der Waals surface area (Å²) in [7, 11) is 0. The van der Waals surface area contributed by atoms with E-state index in [9.17, 15) is 0 Å². The lowest BCUT2D eigenvalue weighted by molar-refractivity contribution is 0.390. The smallest absolute Gasteiger partial charge is 0.0890 e. The van der Waals surface area contributed by atoms with Crippen LogP contribution in [0.2, 0.25) is 0 Å². The van der Waals surface area contributed by atoms with E-state index in [2.05, 4.69) is 31.1 Å². The minimum atomic E-state index is 0.304. The third-order valence-corrected chi connectivity index (χ3v) is 3.69. The Morgan fingerprint density at radius 1 is 1.15 bits per heavy atom. The van der Waals surface area contributed by atoms with E-state index in [1.165, 1.54) is 12.8 Å². The van der Waals surface area contributed by atoms with Gasteiger partial charge in [0.2, 0.25) is 0 Å². The molecule has 2 atom stereocenters. The largest absolute Gasteiger partial charge is 0.309 e. The van der Waals surface area contributed by atoms with Gasteiger partial charge in [-0.1, -0.05) is 45.7 Å². The molecule has 0 amide bonds. The maximum atomic E-state index is 4.78. The van der Waals surface area contributed by atoms with Crippen LogP contribution in [0.15, 0.2) is 30.5 Å². The van der Waals surface area contributed by atoms with Crippen molar-refractivity contribution in [2.45, 2.75) is 46.1 Å². The Bertz CT molecular complexity index is 539. The van der Waals surface area contributed by atoms with Gasteiger partial charge in [-0.25, -0.2) is 4.98 Å². The fraction of sp³-hybridized carbons (Fsp3) is 0.529. The van der Waals surface area contributed by atoms with E-state index in [-0.39, 0.29) is 0 Å². The summed E-state index contributed by atoms with van der Waals surface area (Å²) in [5.74, 6) is 0.706. The van der Waals surface area contributed by atoms with Crippen molar-refractivity contribution in [2.75, 3.05) is 6.54 Å². The maximum absolute atomic E-state index is 4.78. The van der Waals surface area contributed by atoms with E-state index >= 15 is 0 Å². The first kappa shape index (κ1) is 14.9. The summed E-state index contributed by atoms with van der Waals surface area (Å²) in [6.45, 7) is 7.67. The molecule has 1 aromatic carbocycles. The lowest BCUT2D eigenvalue weighted by Gasteiger charge is -2.21. The molecule has 3 heteroatoms.